The van der Waals surface area contributed by atoms with Crippen LogP contribution in [0.1, 0.15) is 48.8 Å². The summed E-state index contributed by atoms with van der Waals surface area (Å²) >= 11 is 0. The molecule has 5 rings (SSSR count). The molecular formula is C25H29NO5. The zero-order valence-corrected chi connectivity index (χ0v) is 18.0. The summed E-state index contributed by atoms with van der Waals surface area (Å²) in [6, 6.07) is 12.7. The van der Waals surface area contributed by atoms with Gasteiger partial charge >= 0.3 is 5.97 Å². The third kappa shape index (κ3) is 3.97. The fourth-order valence-corrected chi connectivity index (χ4v) is 5.20. The molecular weight excluding hydrogens is 394 g/mol. The van der Waals surface area contributed by atoms with E-state index < -0.39 is 5.97 Å². The predicted molar refractivity (Wildman–Crippen MR) is 118 cm³/mol. The third-order valence-electron chi connectivity index (χ3n) is 6.51. The van der Waals surface area contributed by atoms with Gasteiger partial charge in [0.25, 0.3) is 0 Å². The molecule has 6 heteroatoms. The summed E-state index contributed by atoms with van der Waals surface area (Å²) in [7, 11) is 0. The smallest absolute Gasteiger partial charge is 0.304 e. The van der Waals surface area contributed by atoms with Crippen LogP contribution in [0.2, 0.25) is 0 Å². The quantitative estimate of drug-likeness (QED) is 0.785. The second kappa shape index (κ2) is 8.08. The highest BCUT2D eigenvalue weighted by molar-refractivity contribution is 5.69. The molecule has 6 nitrogen and oxygen atoms in total. The molecule has 1 fully saturated rings. The van der Waals surface area contributed by atoms with Crippen LogP contribution in [-0.2, 0) is 16.0 Å². The van der Waals surface area contributed by atoms with Crippen LogP contribution in [-0.4, -0.2) is 49.6 Å². The standard InChI is InChI=1S/C25H29NO5/c1-15-11-26(12-16(2)31-15)22-5-3-4-21-18(14-30-25(21)22)8-17-6-7-20-19(10-24(27)28)13-29-23(20)9-17/h3-7,9,15-16,18-19H,8,10-14H2,1-2H3,(H,27,28)/t15-,16+,18-,19-/m1/s1. The van der Waals surface area contributed by atoms with Crippen molar-refractivity contribution in [3.05, 3.63) is 53.1 Å². The summed E-state index contributed by atoms with van der Waals surface area (Å²) in [5.74, 6) is 1.28. The van der Waals surface area contributed by atoms with Crippen LogP contribution >= 0.6 is 0 Å². The van der Waals surface area contributed by atoms with Gasteiger partial charge in [-0.25, -0.2) is 0 Å². The number of aliphatic carboxylic acids is 1. The Morgan fingerprint density at radius 1 is 1.03 bits per heavy atom. The van der Waals surface area contributed by atoms with Gasteiger partial charge in [-0.15, -0.1) is 0 Å². The minimum Gasteiger partial charge on any atom is -0.493 e. The highest BCUT2D eigenvalue weighted by atomic mass is 16.5. The van der Waals surface area contributed by atoms with Crippen molar-refractivity contribution in [1.29, 1.82) is 0 Å². The van der Waals surface area contributed by atoms with Gasteiger partial charge in [-0.3, -0.25) is 4.79 Å². The van der Waals surface area contributed by atoms with Crippen LogP contribution in [0.3, 0.4) is 0 Å². The zero-order chi connectivity index (χ0) is 21.5. The lowest BCUT2D eigenvalue weighted by molar-refractivity contribution is -0.137. The first-order valence-corrected chi connectivity index (χ1v) is 11.1. The van der Waals surface area contributed by atoms with E-state index in [2.05, 4.69) is 49.1 Å². The van der Waals surface area contributed by atoms with Crippen molar-refractivity contribution in [1.82, 2.24) is 0 Å². The maximum atomic E-state index is 11.1. The molecule has 0 saturated carbocycles. The first kappa shape index (κ1) is 20.2. The molecule has 0 aliphatic carbocycles. The minimum atomic E-state index is -0.787. The van der Waals surface area contributed by atoms with Crippen LogP contribution in [0.4, 0.5) is 5.69 Å². The van der Waals surface area contributed by atoms with Gasteiger partial charge in [0.1, 0.15) is 11.5 Å². The van der Waals surface area contributed by atoms with Crippen LogP contribution in [0.15, 0.2) is 36.4 Å². The van der Waals surface area contributed by atoms with Gasteiger partial charge in [-0.1, -0.05) is 24.3 Å². The molecule has 0 aromatic heterocycles. The summed E-state index contributed by atoms with van der Waals surface area (Å²) in [5.41, 5.74) is 4.62. The van der Waals surface area contributed by atoms with Gasteiger partial charge in [0, 0.05) is 36.1 Å². The van der Waals surface area contributed by atoms with Gasteiger partial charge in [-0.05, 0) is 38.0 Å². The summed E-state index contributed by atoms with van der Waals surface area (Å²) in [6.07, 6.45) is 1.38. The number of carboxylic acids is 1. The Balaban J connectivity index is 1.34. The molecule has 0 unspecified atom stereocenters. The van der Waals surface area contributed by atoms with Crippen LogP contribution in [0.5, 0.6) is 11.5 Å². The molecule has 31 heavy (non-hydrogen) atoms. The molecule has 3 heterocycles. The fourth-order valence-electron chi connectivity index (χ4n) is 5.20. The number of para-hydroxylation sites is 1. The number of anilines is 1. The lowest BCUT2D eigenvalue weighted by Crippen LogP contribution is -2.45. The normalized spacial score (nSPS) is 26.7. The van der Waals surface area contributed by atoms with Gasteiger partial charge in [0.2, 0.25) is 0 Å². The van der Waals surface area contributed by atoms with Crippen molar-refractivity contribution < 1.29 is 24.1 Å². The number of nitrogens with zero attached hydrogens (tertiary/aromatic N) is 1. The topological polar surface area (TPSA) is 68.2 Å². The van der Waals surface area contributed by atoms with Crippen molar-refractivity contribution in [3.8, 4) is 11.5 Å². The first-order valence-electron chi connectivity index (χ1n) is 11.1. The SMILES string of the molecule is C[C@@H]1CN(c2cccc3c2OC[C@H]3Cc2ccc3c(c2)OC[C@H]3CC(=O)O)C[C@H](C)O1. The Labute approximate surface area is 182 Å². The Morgan fingerprint density at radius 3 is 2.58 bits per heavy atom. The van der Waals surface area contributed by atoms with Gasteiger partial charge in [0.15, 0.2) is 0 Å². The largest absolute Gasteiger partial charge is 0.493 e. The molecule has 3 aliphatic heterocycles. The number of hydrogen-bond donors (Lipinski definition) is 1. The second-order valence-corrected chi connectivity index (χ2v) is 9.05. The maximum Gasteiger partial charge on any atom is 0.304 e. The van der Waals surface area contributed by atoms with Gasteiger partial charge in [-0.2, -0.15) is 0 Å². The molecule has 0 spiro atoms. The Morgan fingerprint density at radius 2 is 1.81 bits per heavy atom. The van der Waals surface area contributed by atoms with Gasteiger partial charge in [0.05, 0.1) is 37.5 Å². The third-order valence-corrected chi connectivity index (χ3v) is 6.51. The average molecular weight is 424 g/mol. The highest BCUT2D eigenvalue weighted by Crippen LogP contribution is 2.44. The van der Waals surface area contributed by atoms with Crippen molar-refractivity contribution >= 4 is 11.7 Å². The second-order valence-electron chi connectivity index (χ2n) is 9.05. The summed E-state index contributed by atoms with van der Waals surface area (Å²) < 4.78 is 17.9. The number of rotatable bonds is 5. The van der Waals surface area contributed by atoms with Crippen molar-refractivity contribution in [2.45, 2.75) is 50.7 Å². The number of morpholine rings is 1. The van der Waals surface area contributed by atoms with Crippen LogP contribution in [0, 0.1) is 0 Å². The number of ether oxygens (including phenoxy) is 3. The number of fused-ring (bicyclic) bond motifs is 2. The molecule has 2 aromatic carbocycles. The van der Waals surface area contributed by atoms with E-state index in [9.17, 15) is 4.79 Å². The van der Waals surface area contributed by atoms with Crippen LogP contribution < -0.4 is 14.4 Å². The molecule has 2 aromatic rings. The predicted octanol–water partition coefficient (Wildman–Crippen LogP) is 3.97. The number of carbonyl (C=O) groups is 1. The minimum absolute atomic E-state index is 0.0575. The molecule has 3 aliphatic rings. The Kier molecular flexibility index (Phi) is 5.26. The summed E-state index contributed by atoms with van der Waals surface area (Å²) in [6.45, 7) is 7.09. The first-order chi connectivity index (χ1) is 15.0. The molecule has 0 radical (unpaired) electrons. The average Bonchev–Trinajstić information content (AvgIpc) is 3.31. The molecule has 1 N–H and O–H groups in total. The zero-order valence-electron chi connectivity index (χ0n) is 18.0. The summed E-state index contributed by atoms with van der Waals surface area (Å²) in [5, 5.41) is 9.10. The molecule has 0 amide bonds. The lowest BCUT2D eigenvalue weighted by atomic mass is 9.91. The van der Waals surface area contributed by atoms with Crippen molar-refractivity contribution in [2.75, 3.05) is 31.2 Å². The number of hydrogen-bond acceptors (Lipinski definition) is 5. The van der Waals surface area contributed by atoms with Gasteiger partial charge < -0.3 is 24.2 Å². The van der Waals surface area contributed by atoms with Crippen molar-refractivity contribution in [2.24, 2.45) is 0 Å². The van der Waals surface area contributed by atoms with E-state index in [1.54, 1.807) is 0 Å². The maximum absolute atomic E-state index is 11.1. The van der Waals surface area contributed by atoms with E-state index in [-0.39, 0.29) is 24.5 Å². The van der Waals surface area contributed by atoms with E-state index in [0.717, 1.165) is 42.3 Å². The lowest BCUT2D eigenvalue weighted by Gasteiger charge is -2.37. The van der Waals surface area contributed by atoms with E-state index >= 15 is 0 Å². The summed E-state index contributed by atoms with van der Waals surface area (Å²) in [4.78, 5) is 13.5. The van der Waals surface area contributed by atoms with E-state index in [1.807, 2.05) is 6.07 Å². The van der Waals surface area contributed by atoms with E-state index in [0.29, 0.717) is 19.1 Å². The number of benzene rings is 2. The molecule has 164 valence electrons. The number of carboxylic acid groups (broad SMARTS) is 1. The fraction of sp³-hybridized carbons (Fsp3) is 0.480. The Bertz CT molecular complexity index is 980. The van der Waals surface area contributed by atoms with E-state index in [4.69, 9.17) is 19.3 Å². The molecule has 1 saturated heterocycles. The molecule has 4 atom stereocenters. The Hall–Kier alpha value is -2.73. The van der Waals surface area contributed by atoms with E-state index in [1.165, 1.54) is 11.1 Å². The monoisotopic (exact) mass is 423 g/mol. The highest BCUT2D eigenvalue weighted by Gasteiger charge is 2.32. The van der Waals surface area contributed by atoms with Crippen LogP contribution in [0.25, 0.3) is 0 Å². The van der Waals surface area contributed by atoms with Crippen molar-refractivity contribution in [3.63, 3.8) is 0 Å². The molecule has 0 bridgehead atoms.